The molecule has 1 amide bonds. The summed E-state index contributed by atoms with van der Waals surface area (Å²) in [5.74, 6) is -0.0275. The van der Waals surface area contributed by atoms with Gasteiger partial charge in [0.25, 0.3) is 5.91 Å². The van der Waals surface area contributed by atoms with E-state index in [0.717, 1.165) is 5.39 Å². The Labute approximate surface area is 121 Å². The number of amides is 1. The maximum atomic E-state index is 12.5. The van der Waals surface area contributed by atoms with Crippen LogP contribution in [0.4, 0.5) is 5.69 Å². The molecule has 0 spiro atoms. The minimum Gasteiger partial charge on any atom is -0.451 e. The number of fused-ring (bicyclic) bond motifs is 1. The van der Waals surface area contributed by atoms with Crippen LogP contribution in [0.3, 0.4) is 0 Å². The fraction of sp³-hybridized carbons (Fsp3) is 0.0588. The summed E-state index contributed by atoms with van der Waals surface area (Å²) < 4.78 is 5.57. The van der Waals surface area contributed by atoms with Crippen LogP contribution < -0.4 is 4.90 Å². The number of anilines is 1. The molecular formula is C17H12N2O2. The fourth-order valence-corrected chi connectivity index (χ4v) is 2.22. The minimum atomic E-state index is -0.283. The number of furan rings is 1. The molecule has 0 radical (unpaired) electrons. The molecule has 3 aromatic rings. The molecule has 2 aromatic carbocycles. The van der Waals surface area contributed by atoms with Crippen LogP contribution in [0.15, 0.2) is 59.0 Å². The maximum absolute atomic E-state index is 12.5. The Morgan fingerprint density at radius 1 is 1.14 bits per heavy atom. The molecule has 0 aliphatic carbocycles. The van der Waals surface area contributed by atoms with Gasteiger partial charge in [-0.25, -0.2) is 0 Å². The SMILES string of the molecule is CN(C(=O)c1cc2ccccc2o1)c1ccccc1C#N. The van der Waals surface area contributed by atoms with E-state index in [1.165, 1.54) is 4.90 Å². The topological polar surface area (TPSA) is 57.2 Å². The number of nitriles is 1. The van der Waals surface area contributed by atoms with Crippen LogP contribution in [0.2, 0.25) is 0 Å². The summed E-state index contributed by atoms with van der Waals surface area (Å²) in [4.78, 5) is 13.9. The normalized spacial score (nSPS) is 10.3. The Kier molecular flexibility index (Phi) is 3.17. The van der Waals surface area contributed by atoms with Crippen molar-refractivity contribution in [3.63, 3.8) is 0 Å². The molecule has 0 N–H and O–H groups in total. The van der Waals surface area contributed by atoms with Crippen molar-refractivity contribution in [1.82, 2.24) is 0 Å². The van der Waals surface area contributed by atoms with Crippen molar-refractivity contribution in [2.24, 2.45) is 0 Å². The molecule has 21 heavy (non-hydrogen) atoms. The summed E-state index contributed by atoms with van der Waals surface area (Å²) in [6, 6.07) is 18.2. The van der Waals surface area contributed by atoms with Gasteiger partial charge in [0.2, 0.25) is 0 Å². The monoisotopic (exact) mass is 276 g/mol. The predicted octanol–water partition coefficient (Wildman–Crippen LogP) is 3.58. The number of hydrogen-bond donors (Lipinski definition) is 0. The van der Waals surface area contributed by atoms with Gasteiger partial charge in [0.05, 0.1) is 11.3 Å². The quantitative estimate of drug-likeness (QED) is 0.718. The van der Waals surface area contributed by atoms with Crippen molar-refractivity contribution in [3.05, 3.63) is 65.9 Å². The van der Waals surface area contributed by atoms with Gasteiger partial charge in [0.1, 0.15) is 11.7 Å². The van der Waals surface area contributed by atoms with E-state index in [-0.39, 0.29) is 11.7 Å². The lowest BCUT2D eigenvalue weighted by molar-refractivity contribution is 0.0968. The zero-order valence-corrected chi connectivity index (χ0v) is 11.4. The largest absolute Gasteiger partial charge is 0.451 e. The molecule has 0 unspecified atom stereocenters. The Morgan fingerprint density at radius 2 is 1.86 bits per heavy atom. The molecule has 3 rings (SSSR count). The zero-order valence-electron chi connectivity index (χ0n) is 11.4. The smallest absolute Gasteiger partial charge is 0.293 e. The first-order chi connectivity index (χ1) is 10.2. The number of nitrogens with zero attached hydrogens (tertiary/aromatic N) is 2. The van der Waals surface area contributed by atoms with Gasteiger partial charge in [-0.1, -0.05) is 30.3 Å². The third-order valence-corrected chi connectivity index (χ3v) is 3.33. The van der Waals surface area contributed by atoms with E-state index < -0.39 is 0 Å². The molecule has 0 saturated carbocycles. The first kappa shape index (κ1) is 12.9. The minimum absolute atomic E-state index is 0.256. The highest BCUT2D eigenvalue weighted by Gasteiger charge is 2.19. The lowest BCUT2D eigenvalue weighted by Crippen LogP contribution is -2.26. The Hall–Kier alpha value is -3.06. The summed E-state index contributed by atoms with van der Waals surface area (Å²) in [7, 11) is 1.63. The molecule has 0 fully saturated rings. The Balaban J connectivity index is 1.99. The van der Waals surface area contributed by atoms with Gasteiger partial charge in [-0.3, -0.25) is 4.79 Å². The molecule has 1 heterocycles. The molecule has 0 aliphatic heterocycles. The molecule has 4 heteroatoms. The number of benzene rings is 2. The van der Waals surface area contributed by atoms with Crippen LogP contribution in [0.5, 0.6) is 0 Å². The third kappa shape index (κ3) is 2.26. The standard InChI is InChI=1S/C17H12N2O2/c1-19(14-8-4-2-7-13(14)11-18)17(20)16-10-12-6-3-5-9-15(12)21-16/h2-10H,1H3. The molecule has 1 aromatic heterocycles. The van der Waals surface area contributed by atoms with Gasteiger partial charge < -0.3 is 9.32 Å². The second-order valence-corrected chi connectivity index (χ2v) is 4.64. The van der Waals surface area contributed by atoms with Crippen molar-refractivity contribution in [1.29, 1.82) is 5.26 Å². The second kappa shape index (κ2) is 5.14. The van der Waals surface area contributed by atoms with E-state index in [2.05, 4.69) is 6.07 Å². The molecule has 0 bridgehead atoms. The van der Waals surface area contributed by atoms with Gasteiger partial charge in [-0.05, 0) is 24.3 Å². The second-order valence-electron chi connectivity index (χ2n) is 4.64. The molecule has 0 aliphatic rings. The molecule has 0 saturated heterocycles. The van der Waals surface area contributed by atoms with Crippen LogP contribution in [-0.4, -0.2) is 13.0 Å². The van der Waals surface area contributed by atoms with Crippen LogP contribution in [0, 0.1) is 11.3 Å². The highest BCUT2D eigenvalue weighted by Crippen LogP contribution is 2.23. The lowest BCUT2D eigenvalue weighted by atomic mass is 10.1. The summed E-state index contributed by atoms with van der Waals surface area (Å²) in [6.45, 7) is 0. The van der Waals surface area contributed by atoms with E-state index in [1.54, 1.807) is 37.4 Å². The van der Waals surface area contributed by atoms with Crippen molar-refractivity contribution < 1.29 is 9.21 Å². The summed E-state index contributed by atoms with van der Waals surface area (Å²) in [6.07, 6.45) is 0. The third-order valence-electron chi connectivity index (χ3n) is 3.33. The van der Waals surface area contributed by atoms with Crippen molar-refractivity contribution in [2.75, 3.05) is 11.9 Å². The number of carbonyl (C=O) groups excluding carboxylic acids is 1. The van der Waals surface area contributed by atoms with E-state index in [1.807, 2.05) is 24.3 Å². The summed E-state index contributed by atoms with van der Waals surface area (Å²) in [5.41, 5.74) is 1.68. The van der Waals surface area contributed by atoms with Gasteiger partial charge >= 0.3 is 0 Å². The van der Waals surface area contributed by atoms with E-state index in [4.69, 9.17) is 9.68 Å². The zero-order chi connectivity index (χ0) is 14.8. The van der Waals surface area contributed by atoms with Crippen molar-refractivity contribution in [3.8, 4) is 6.07 Å². The summed E-state index contributed by atoms with van der Waals surface area (Å²) >= 11 is 0. The predicted molar refractivity (Wildman–Crippen MR) is 80.1 cm³/mol. The molecule has 4 nitrogen and oxygen atoms in total. The fourth-order valence-electron chi connectivity index (χ4n) is 2.22. The van der Waals surface area contributed by atoms with Gasteiger partial charge in [0, 0.05) is 12.4 Å². The van der Waals surface area contributed by atoms with Crippen molar-refractivity contribution >= 4 is 22.6 Å². The van der Waals surface area contributed by atoms with Crippen LogP contribution in [-0.2, 0) is 0 Å². The highest BCUT2D eigenvalue weighted by atomic mass is 16.3. The van der Waals surface area contributed by atoms with Gasteiger partial charge in [-0.15, -0.1) is 0 Å². The molecular weight excluding hydrogens is 264 g/mol. The van der Waals surface area contributed by atoms with E-state index in [0.29, 0.717) is 16.8 Å². The van der Waals surface area contributed by atoms with Crippen LogP contribution in [0.1, 0.15) is 16.1 Å². The van der Waals surface area contributed by atoms with Crippen molar-refractivity contribution in [2.45, 2.75) is 0 Å². The Bertz CT molecular complexity index is 825. The van der Waals surface area contributed by atoms with E-state index in [9.17, 15) is 4.79 Å². The number of rotatable bonds is 2. The highest BCUT2D eigenvalue weighted by molar-refractivity contribution is 6.06. The van der Waals surface area contributed by atoms with Gasteiger partial charge in [0.15, 0.2) is 5.76 Å². The van der Waals surface area contributed by atoms with Crippen LogP contribution in [0.25, 0.3) is 11.0 Å². The average Bonchev–Trinajstić information content (AvgIpc) is 2.97. The first-order valence-electron chi connectivity index (χ1n) is 6.46. The van der Waals surface area contributed by atoms with Crippen LogP contribution >= 0.6 is 0 Å². The molecule has 102 valence electrons. The molecule has 0 atom stereocenters. The Morgan fingerprint density at radius 3 is 2.62 bits per heavy atom. The maximum Gasteiger partial charge on any atom is 0.293 e. The van der Waals surface area contributed by atoms with Gasteiger partial charge in [-0.2, -0.15) is 5.26 Å². The number of hydrogen-bond acceptors (Lipinski definition) is 3. The van der Waals surface area contributed by atoms with E-state index >= 15 is 0 Å². The lowest BCUT2D eigenvalue weighted by Gasteiger charge is -2.16. The average molecular weight is 276 g/mol. The number of carbonyl (C=O) groups is 1. The summed E-state index contributed by atoms with van der Waals surface area (Å²) in [5, 5.41) is 10.0. The number of para-hydroxylation sites is 2. The first-order valence-corrected chi connectivity index (χ1v) is 6.46.